The molecular weight excluding hydrogens is 338 g/mol. The summed E-state index contributed by atoms with van der Waals surface area (Å²) in [6.07, 6.45) is 0. The molecule has 8 nitrogen and oxygen atoms in total. The molecule has 0 atom stereocenters. The third kappa shape index (κ3) is 2.69. The van der Waals surface area contributed by atoms with Gasteiger partial charge in [-0.2, -0.15) is 0 Å². The van der Waals surface area contributed by atoms with Gasteiger partial charge in [-0.15, -0.1) is 5.10 Å². The molecular formula is C9H12BrN5O3S. The summed E-state index contributed by atoms with van der Waals surface area (Å²) in [5.41, 5.74) is 1.37. The number of hydrogen-bond acceptors (Lipinski definition) is 6. The average Bonchev–Trinajstić information content (AvgIpc) is 2.81. The standard InChI is InChI=1S/C9H12BrN5O3S/c1-5-7(6(2)18-13-5)4-11-19(16,17)9-8(10)12-14-15(9)3/h11H,4H2,1-3H3. The van der Waals surface area contributed by atoms with Crippen molar-refractivity contribution in [2.45, 2.75) is 25.4 Å². The molecule has 2 aromatic heterocycles. The third-order valence-corrected chi connectivity index (χ3v) is 4.90. The minimum absolute atomic E-state index is 0.0285. The van der Waals surface area contributed by atoms with Crippen LogP contribution in [0.4, 0.5) is 0 Å². The van der Waals surface area contributed by atoms with Gasteiger partial charge in [-0.05, 0) is 29.8 Å². The fraction of sp³-hybridized carbons (Fsp3) is 0.444. The molecule has 104 valence electrons. The molecule has 2 heterocycles. The number of rotatable bonds is 4. The van der Waals surface area contributed by atoms with Crippen molar-refractivity contribution in [3.05, 3.63) is 21.6 Å². The lowest BCUT2D eigenvalue weighted by Crippen LogP contribution is -2.26. The normalized spacial score (nSPS) is 12.0. The molecule has 0 saturated heterocycles. The van der Waals surface area contributed by atoms with E-state index in [9.17, 15) is 8.42 Å². The first kappa shape index (κ1) is 14.2. The highest BCUT2D eigenvalue weighted by atomic mass is 79.9. The maximum Gasteiger partial charge on any atom is 0.260 e. The Morgan fingerprint density at radius 1 is 1.42 bits per heavy atom. The van der Waals surface area contributed by atoms with E-state index in [2.05, 4.69) is 36.1 Å². The lowest BCUT2D eigenvalue weighted by molar-refractivity contribution is 0.392. The van der Waals surface area contributed by atoms with Crippen LogP contribution in [0.15, 0.2) is 14.2 Å². The second-order valence-corrected chi connectivity index (χ2v) is 6.37. The van der Waals surface area contributed by atoms with E-state index in [-0.39, 0.29) is 16.2 Å². The number of nitrogens with zero attached hydrogens (tertiary/aromatic N) is 4. The van der Waals surface area contributed by atoms with Crippen LogP contribution >= 0.6 is 15.9 Å². The lowest BCUT2D eigenvalue weighted by Gasteiger charge is -2.06. The molecule has 2 aromatic rings. The van der Waals surface area contributed by atoms with E-state index < -0.39 is 10.0 Å². The van der Waals surface area contributed by atoms with Crippen molar-refractivity contribution in [3.8, 4) is 0 Å². The number of nitrogens with one attached hydrogen (secondary N) is 1. The average molecular weight is 350 g/mol. The fourth-order valence-electron chi connectivity index (χ4n) is 1.60. The van der Waals surface area contributed by atoms with Gasteiger partial charge in [0.25, 0.3) is 10.0 Å². The number of aromatic nitrogens is 4. The summed E-state index contributed by atoms with van der Waals surface area (Å²) in [5, 5.41) is 11.0. The van der Waals surface area contributed by atoms with Crippen LogP contribution in [0, 0.1) is 13.8 Å². The molecule has 0 aromatic carbocycles. The van der Waals surface area contributed by atoms with Gasteiger partial charge in [0.15, 0.2) is 4.60 Å². The van der Waals surface area contributed by atoms with Crippen LogP contribution in [0.2, 0.25) is 0 Å². The van der Waals surface area contributed by atoms with Crippen molar-refractivity contribution in [2.75, 3.05) is 0 Å². The zero-order valence-electron chi connectivity index (χ0n) is 10.5. The smallest absolute Gasteiger partial charge is 0.260 e. The van der Waals surface area contributed by atoms with Gasteiger partial charge in [-0.3, -0.25) is 0 Å². The number of halogens is 1. The van der Waals surface area contributed by atoms with Crippen LogP contribution in [0.1, 0.15) is 17.0 Å². The largest absolute Gasteiger partial charge is 0.361 e. The second-order valence-electron chi connectivity index (χ2n) is 3.94. The van der Waals surface area contributed by atoms with Crippen molar-refractivity contribution < 1.29 is 12.9 Å². The van der Waals surface area contributed by atoms with Crippen LogP contribution < -0.4 is 4.72 Å². The molecule has 0 aliphatic rings. The number of sulfonamides is 1. The van der Waals surface area contributed by atoms with Crippen LogP contribution in [-0.4, -0.2) is 28.6 Å². The third-order valence-electron chi connectivity index (χ3n) is 2.61. The van der Waals surface area contributed by atoms with Crippen LogP contribution in [0.3, 0.4) is 0 Å². The molecule has 0 fully saturated rings. The Kier molecular flexibility index (Phi) is 3.74. The molecule has 0 saturated carbocycles. The number of hydrogen-bond donors (Lipinski definition) is 1. The summed E-state index contributed by atoms with van der Waals surface area (Å²) < 4.78 is 33.1. The molecule has 0 radical (unpaired) electrons. The Hall–Kier alpha value is -1.26. The molecule has 0 unspecified atom stereocenters. The maximum atomic E-state index is 12.2. The first-order chi connectivity index (χ1) is 8.83. The Balaban J connectivity index is 2.24. The summed E-state index contributed by atoms with van der Waals surface area (Å²) >= 11 is 3.06. The van der Waals surface area contributed by atoms with E-state index >= 15 is 0 Å². The molecule has 2 rings (SSSR count). The quantitative estimate of drug-likeness (QED) is 0.869. The topological polar surface area (TPSA) is 103 Å². The minimum Gasteiger partial charge on any atom is -0.361 e. The molecule has 0 aliphatic carbocycles. The van der Waals surface area contributed by atoms with Crippen LogP contribution in [0.5, 0.6) is 0 Å². The fourth-order valence-corrected chi connectivity index (χ4v) is 3.68. The predicted molar refractivity (Wildman–Crippen MR) is 68.7 cm³/mol. The van der Waals surface area contributed by atoms with E-state index in [1.54, 1.807) is 13.8 Å². The zero-order chi connectivity index (χ0) is 14.2. The minimum atomic E-state index is -3.72. The Morgan fingerprint density at radius 3 is 2.58 bits per heavy atom. The van der Waals surface area contributed by atoms with E-state index in [1.807, 2.05) is 0 Å². The monoisotopic (exact) mass is 349 g/mol. The molecule has 0 bridgehead atoms. The van der Waals surface area contributed by atoms with Crippen molar-refractivity contribution in [1.29, 1.82) is 0 Å². The molecule has 1 N–H and O–H groups in total. The van der Waals surface area contributed by atoms with Gasteiger partial charge in [0.05, 0.1) is 5.69 Å². The Bertz CT molecular complexity index is 667. The summed E-state index contributed by atoms with van der Waals surface area (Å²) in [7, 11) is -2.21. The highest BCUT2D eigenvalue weighted by molar-refractivity contribution is 9.10. The Morgan fingerprint density at radius 2 is 2.11 bits per heavy atom. The van der Waals surface area contributed by atoms with Gasteiger partial charge in [0.1, 0.15) is 5.76 Å². The van der Waals surface area contributed by atoms with E-state index in [0.717, 1.165) is 5.56 Å². The molecule has 19 heavy (non-hydrogen) atoms. The van der Waals surface area contributed by atoms with Crippen LogP contribution in [-0.2, 0) is 23.6 Å². The zero-order valence-corrected chi connectivity index (χ0v) is 12.9. The molecule has 0 spiro atoms. The van der Waals surface area contributed by atoms with Gasteiger partial charge >= 0.3 is 0 Å². The molecule has 0 amide bonds. The number of aryl methyl sites for hydroxylation is 3. The highest BCUT2D eigenvalue weighted by Gasteiger charge is 2.24. The van der Waals surface area contributed by atoms with E-state index in [1.165, 1.54) is 11.7 Å². The van der Waals surface area contributed by atoms with Gasteiger partial charge in [-0.25, -0.2) is 17.8 Å². The van der Waals surface area contributed by atoms with Gasteiger partial charge < -0.3 is 4.52 Å². The van der Waals surface area contributed by atoms with Crippen LogP contribution in [0.25, 0.3) is 0 Å². The van der Waals surface area contributed by atoms with Gasteiger partial charge in [-0.1, -0.05) is 10.4 Å². The lowest BCUT2D eigenvalue weighted by atomic mass is 10.2. The van der Waals surface area contributed by atoms with Gasteiger partial charge in [0.2, 0.25) is 5.03 Å². The SMILES string of the molecule is Cc1noc(C)c1CNS(=O)(=O)c1c(Br)nnn1C. The second kappa shape index (κ2) is 5.02. The van der Waals surface area contributed by atoms with Crippen molar-refractivity contribution in [1.82, 2.24) is 24.9 Å². The van der Waals surface area contributed by atoms with Crippen molar-refractivity contribution in [3.63, 3.8) is 0 Å². The summed E-state index contributed by atoms with van der Waals surface area (Å²) in [6.45, 7) is 3.58. The highest BCUT2D eigenvalue weighted by Crippen LogP contribution is 2.19. The Labute approximate surface area is 118 Å². The summed E-state index contributed by atoms with van der Waals surface area (Å²) in [5.74, 6) is 0.586. The van der Waals surface area contributed by atoms with E-state index in [4.69, 9.17) is 4.52 Å². The van der Waals surface area contributed by atoms with Crippen molar-refractivity contribution in [2.24, 2.45) is 7.05 Å². The predicted octanol–water partition coefficient (Wildman–Crippen LogP) is 0.661. The summed E-state index contributed by atoms with van der Waals surface area (Å²) in [4.78, 5) is 0. The summed E-state index contributed by atoms with van der Waals surface area (Å²) in [6, 6.07) is 0. The van der Waals surface area contributed by atoms with Crippen molar-refractivity contribution >= 4 is 26.0 Å². The maximum absolute atomic E-state index is 12.2. The first-order valence-corrected chi connectivity index (χ1v) is 7.57. The molecule has 10 heteroatoms. The van der Waals surface area contributed by atoms with Gasteiger partial charge in [0, 0.05) is 19.2 Å². The first-order valence-electron chi connectivity index (χ1n) is 5.29. The van der Waals surface area contributed by atoms with E-state index in [0.29, 0.717) is 11.5 Å². The molecule has 0 aliphatic heterocycles.